The molecule has 0 fully saturated rings. The average Bonchev–Trinajstić information content (AvgIpc) is 2.38. The Bertz CT molecular complexity index is 323. The lowest BCUT2D eigenvalue weighted by Crippen LogP contribution is -2.42. The van der Waals surface area contributed by atoms with Crippen LogP contribution in [-0.4, -0.2) is 26.2 Å². The lowest BCUT2D eigenvalue weighted by molar-refractivity contribution is -0.156. The molecule has 2 unspecified atom stereocenters. The van der Waals surface area contributed by atoms with Crippen LogP contribution >= 0.6 is 0 Å². The third-order valence-electron chi connectivity index (χ3n) is 3.45. The lowest BCUT2D eigenvalue weighted by atomic mass is 9.65. The molecular formula is C14H22O4. The van der Waals surface area contributed by atoms with Crippen LogP contribution in [0.5, 0.6) is 0 Å². The van der Waals surface area contributed by atoms with Crippen molar-refractivity contribution in [2.45, 2.75) is 39.5 Å². The SMILES string of the molecule is CCCC1=C(CCC)C(C(=O)OC)C1C(=O)OC. The van der Waals surface area contributed by atoms with Gasteiger partial charge in [0.05, 0.1) is 26.1 Å². The van der Waals surface area contributed by atoms with Crippen LogP contribution in [-0.2, 0) is 19.1 Å². The minimum atomic E-state index is -0.427. The minimum Gasteiger partial charge on any atom is -0.469 e. The van der Waals surface area contributed by atoms with Crippen LogP contribution in [0.4, 0.5) is 0 Å². The zero-order valence-electron chi connectivity index (χ0n) is 11.6. The normalized spacial score (nSPS) is 22.4. The first kappa shape index (κ1) is 14.7. The van der Waals surface area contributed by atoms with E-state index < -0.39 is 11.8 Å². The van der Waals surface area contributed by atoms with E-state index in [1.165, 1.54) is 14.2 Å². The first-order valence-electron chi connectivity index (χ1n) is 6.49. The van der Waals surface area contributed by atoms with Gasteiger partial charge in [-0.3, -0.25) is 9.59 Å². The van der Waals surface area contributed by atoms with Crippen molar-refractivity contribution in [1.82, 2.24) is 0 Å². The molecule has 0 N–H and O–H groups in total. The van der Waals surface area contributed by atoms with Crippen LogP contribution < -0.4 is 0 Å². The summed E-state index contributed by atoms with van der Waals surface area (Å²) in [6.07, 6.45) is 3.62. The molecule has 1 rings (SSSR count). The molecule has 0 heterocycles. The smallest absolute Gasteiger partial charge is 0.314 e. The van der Waals surface area contributed by atoms with Gasteiger partial charge in [-0.1, -0.05) is 37.8 Å². The fraction of sp³-hybridized carbons (Fsp3) is 0.714. The zero-order valence-corrected chi connectivity index (χ0v) is 11.6. The van der Waals surface area contributed by atoms with Crippen molar-refractivity contribution < 1.29 is 19.1 Å². The van der Waals surface area contributed by atoms with E-state index >= 15 is 0 Å². The maximum Gasteiger partial charge on any atom is 0.314 e. The molecule has 0 bridgehead atoms. The van der Waals surface area contributed by atoms with E-state index in [0.717, 1.165) is 36.8 Å². The molecule has 0 saturated carbocycles. The molecule has 0 aromatic rings. The highest BCUT2D eigenvalue weighted by Gasteiger charge is 2.48. The summed E-state index contributed by atoms with van der Waals surface area (Å²) in [5, 5.41) is 0. The van der Waals surface area contributed by atoms with Crippen molar-refractivity contribution in [2.24, 2.45) is 11.8 Å². The van der Waals surface area contributed by atoms with Gasteiger partial charge in [0.15, 0.2) is 0 Å². The Morgan fingerprint density at radius 3 is 1.44 bits per heavy atom. The number of rotatable bonds is 6. The van der Waals surface area contributed by atoms with Crippen molar-refractivity contribution in [3.05, 3.63) is 11.1 Å². The highest BCUT2D eigenvalue weighted by molar-refractivity contribution is 5.90. The fourth-order valence-corrected chi connectivity index (χ4v) is 2.69. The standard InChI is InChI=1S/C14H22O4/c1-5-7-9-10(8-6-2)12(14(16)18-4)11(9)13(15)17-3/h11-12H,5-8H2,1-4H3. The number of methoxy groups -OCH3 is 2. The molecule has 2 atom stereocenters. The molecule has 1 aliphatic rings. The lowest BCUT2D eigenvalue weighted by Gasteiger charge is -2.38. The van der Waals surface area contributed by atoms with Gasteiger partial charge in [-0.25, -0.2) is 0 Å². The molecular weight excluding hydrogens is 232 g/mol. The van der Waals surface area contributed by atoms with E-state index in [1.54, 1.807) is 0 Å². The summed E-state index contributed by atoms with van der Waals surface area (Å²) in [5.74, 6) is -1.50. The van der Waals surface area contributed by atoms with Gasteiger partial charge in [0.25, 0.3) is 0 Å². The monoisotopic (exact) mass is 254 g/mol. The van der Waals surface area contributed by atoms with Crippen LogP contribution in [0.15, 0.2) is 11.1 Å². The number of carbonyl (C=O) groups is 2. The number of carbonyl (C=O) groups excluding carboxylic acids is 2. The Hall–Kier alpha value is -1.32. The second-order valence-electron chi connectivity index (χ2n) is 4.55. The Labute approximate surface area is 108 Å². The van der Waals surface area contributed by atoms with Gasteiger partial charge in [0.1, 0.15) is 0 Å². The molecule has 0 aromatic carbocycles. The fourth-order valence-electron chi connectivity index (χ4n) is 2.69. The van der Waals surface area contributed by atoms with Crippen LogP contribution in [0.1, 0.15) is 39.5 Å². The predicted molar refractivity (Wildman–Crippen MR) is 67.9 cm³/mol. The van der Waals surface area contributed by atoms with Gasteiger partial charge in [0, 0.05) is 0 Å². The summed E-state index contributed by atoms with van der Waals surface area (Å²) in [6, 6.07) is 0. The first-order chi connectivity index (χ1) is 8.62. The predicted octanol–water partition coefficient (Wildman–Crippen LogP) is 2.48. The number of hydrogen-bond acceptors (Lipinski definition) is 4. The first-order valence-corrected chi connectivity index (χ1v) is 6.49. The number of ether oxygens (including phenoxy) is 2. The Morgan fingerprint density at radius 2 is 1.22 bits per heavy atom. The van der Waals surface area contributed by atoms with Crippen molar-refractivity contribution in [3.63, 3.8) is 0 Å². The summed E-state index contributed by atoms with van der Waals surface area (Å²) < 4.78 is 9.60. The van der Waals surface area contributed by atoms with Crippen molar-refractivity contribution in [1.29, 1.82) is 0 Å². The zero-order chi connectivity index (χ0) is 13.7. The van der Waals surface area contributed by atoms with Crippen LogP contribution in [0.25, 0.3) is 0 Å². The topological polar surface area (TPSA) is 52.6 Å². The summed E-state index contributed by atoms with van der Waals surface area (Å²) >= 11 is 0. The molecule has 4 heteroatoms. The maximum absolute atomic E-state index is 11.8. The van der Waals surface area contributed by atoms with Crippen molar-refractivity contribution in [3.8, 4) is 0 Å². The van der Waals surface area contributed by atoms with Crippen molar-refractivity contribution >= 4 is 11.9 Å². The van der Waals surface area contributed by atoms with Gasteiger partial charge in [-0.2, -0.15) is 0 Å². The highest BCUT2D eigenvalue weighted by atomic mass is 16.5. The van der Waals surface area contributed by atoms with E-state index in [2.05, 4.69) is 13.8 Å². The third kappa shape index (κ3) is 2.57. The second-order valence-corrected chi connectivity index (χ2v) is 4.55. The van der Waals surface area contributed by atoms with Gasteiger partial charge in [-0.05, 0) is 12.8 Å². The van der Waals surface area contributed by atoms with Crippen LogP contribution in [0.3, 0.4) is 0 Å². The molecule has 0 aromatic heterocycles. The Balaban J connectivity index is 3.04. The summed E-state index contributed by atoms with van der Waals surface area (Å²) in [6.45, 7) is 4.13. The quantitative estimate of drug-likeness (QED) is 0.539. The van der Waals surface area contributed by atoms with Gasteiger partial charge >= 0.3 is 11.9 Å². The van der Waals surface area contributed by atoms with Crippen LogP contribution in [0, 0.1) is 11.8 Å². The molecule has 0 amide bonds. The molecule has 0 aliphatic heterocycles. The molecule has 4 nitrogen and oxygen atoms in total. The van der Waals surface area contributed by atoms with Crippen LogP contribution in [0.2, 0.25) is 0 Å². The van der Waals surface area contributed by atoms with Gasteiger partial charge in [0.2, 0.25) is 0 Å². The van der Waals surface area contributed by atoms with Gasteiger partial charge in [-0.15, -0.1) is 0 Å². The van der Waals surface area contributed by atoms with E-state index in [4.69, 9.17) is 9.47 Å². The largest absolute Gasteiger partial charge is 0.469 e. The third-order valence-corrected chi connectivity index (χ3v) is 3.45. The molecule has 0 spiro atoms. The molecule has 102 valence electrons. The summed E-state index contributed by atoms with van der Waals surface area (Å²) in [4.78, 5) is 23.6. The summed E-state index contributed by atoms with van der Waals surface area (Å²) in [5.41, 5.74) is 2.17. The number of hydrogen-bond donors (Lipinski definition) is 0. The van der Waals surface area contributed by atoms with E-state index in [1.807, 2.05) is 0 Å². The Morgan fingerprint density at radius 1 is 0.889 bits per heavy atom. The molecule has 18 heavy (non-hydrogen) atoms. The molecule has 0 radical (unpaired) electrons. The number of esters is 2. The molecule has 1 aliphatic carbocycles. The maximum atomic E-state index is 11.8. The van der Waals surface area contributed by atoms with E-state index in [9.17, 15) is 9.59 Å². The van der Waals surface area contributed by atoms with E-state index in [-0.39, 0.29) is 11.9 Å². The highest BCUT2D eigenvalue weighted by Crippen LogP contribution is 2.46. The summed E-state index contributed by atoms with van der Waals surface area (Å²) in [7, 11) is 2.72. The van der Waals surface area contributed by atoms with Crippen molar-refractivity contribution in [2.75, 3.05) is 14.2 Å². The second kappa shape index (κ2) is 6.57. The van der Waals surface area contributed by atoms with Gasteiger partial charge < -0.3 is 9.47 Å². The average molecular weight is 254 g/mol. The Kier molecular flexibility index (Phi) is 5.38. The minimum absolute atomic E-state index is 0.325. The molecule has 0 saturated heterocycles. The van der Waals surface area contributed by atoms with E-state index in [0.29, 0.717) is 0 Å².